The van der Waals surface area contributed by atoms with Crippen molar-refractivity contribution in [1.29, 1.82) is 0 Å². The van der Waals surface area contributed by atoms with E-state index in [0.717, 1.165) is 11.3 Å². The predicted octanol–water partition coefficient (Wildman–Crippen LogP) is 5.46. The summed E-state index contributed by atoms with van der Waals surface area (Å²) in [6.07, 6.45) is 0. The van der Waals surface area contributed by atoms with Gasteiger partial charge in [-0.1, -0.05) is 23.7 Å². The van der Waals surface area contributed by atoms with Crippen molar-refractivity contribution in [1.82, 2.24) is 4.98 Å². The molecule has 0 atom stereocenters. The molecule has 9 heteroatoms. The summed E-state index contributed by atoms with van der Waals surface area (Å²) in [6.45, 7) is 0.324. The van der Waals surface area contributed by atoms with E-state index in [9.17, 15) is 8.42 Å². The maximum atomic E-state index is 13.4. The number of hydrogen-bond acceptors (Lipinski definition) is 7. The average molecular weight is 485 g/mol. The zero-order valence-corrected chi connectivity index (χ0v) is 19.5. The Balaban J connectivity index is 1.71. The molecule has 7 nitrogen and oxygen atoms in total. The first-order chi connectivity index (χ1) is 15.9. The summed E-state index contributed by atoms with van der Waals surface area (Å²) in [5.74, 6) is 1.61. The van der Waals surface area contributed by atoms with Crippen LogP contribution in [0.2, 0.25) is 5.02 Å². The smallest absolute Gasteiger partial charge is 0.234 e. The number of aromatic nitrogens is 1. The molecule has 170 valence electrons. The molecular formula is C24H21ClN2O5S. The highest BCUT2D eigenvalue weighted by Crippen LogP contribution is 2.33. The molecular weight excluding hydrogens is 464 g/mol. The Morgan fingerprint density at radius 2 is 1.45 bits per heavy atom. The van der Waals surface area contributed by atoms with Gasteiger partial charge in [-0.05, 0) is 66.2 Å². The molecule has 0 aliphatic heterocycles. The van der Waals surface area contributed by atoms with Crippen LogP contribution in [0.1, 0.15) is 5.56 Å². The Kier molecular flexibility index (Phi) is 6.57. The van der Waals surface area contributed by atoms with Crippen molar-refractivity contribution in [2.45, 2.75) is 16.5 Å². The molecule has 0 saturated heterocycles. The molecule has 0 bridgehead atoms. The van der Waals surface area contributed by atoms with E-state index in [0.29, 0.717) is 22.9 Å². The van der Waals surface area contributed by atoms with E-state index in [4.69, 9.17) is 25.5 Å². The van der Waals surface area contributed by atoms with Gasteiger partial charge in [0.25, 0.3) is 0 Å². The van der Waals surface area contributed by atoms with E-state index in [1.807, 2.05) is 24.3 Å². The van der Waals surface area contributed by atoms with E-state index >= 15 is 0 Å². The molecule has 0 aliphatic carbocycles. The molecule has 0 aliphatic rings. The Labute approximate surface area is 196 Å². The molecule has 0 unspecified atom stereocenters. The monoisotopic (exact) mass is 484 g/mol. The topological polar surface area (TPSA) is 90.7 Å². The highest BCUT2D eigenvalue weighted by molar-refractivity contribution is 7.91. The lowest BCUT2D eigenvalue weighted by Crippen LogP contribution is -2.07. The van der Waals surface area contributed by atoms with Crippen LogP contribution in [0.3, 0.4) is 0 Å². The number of rotatable bonds is 8. The van der Waals surface area contributed by atoms with E-state index < -0.39 is 9.84 Å². The Bertz CT molecular complexity index is 1330. The molecule has 1 aromatic heterocycles. The minimum Gasteiger partial charge on any atom is -0.497 e. The second kappa shape index (κ2) is 9.56. The molecule has 0 saturated carbocycles. The Hall–Kier alpha value is -3.49. The third kappa shape index (κ3) is 4.97. The first-order valence-corrected chi connectivity index (χ1v) is 11.8. The van der Waals surface area contributed by atoms with Crippen LogP contribution in [0.25, 0.3) is 11.5 Å². The van der Waals surface area contributed by atoms with Gasteiger partial charge in [-0.25, -0.2) is 8.42 Å². The summed E-state index contributed by atoms with van der Waals surface area (Å²) < 4.78 is 43.0. The summed E-state index contributed by atoms with van der Waals surface area (Å²) in [6, 6.07) is 20.3. The maximum Gasteiger partial charge on any atom is 0.234 e. The van der Waals surface area contributed by atoms with Gasteiger partial charge >= 0.3 is 0 Å². The molecule has 0 spiro atoms. The Morgan fingerprint density at radius 3 is 2.03 bits per heavy atom. The van der Waals surface area contributed by atoms with Crippen molar-refractivity contribution < 1.29 is 22.3 Å². The molecule has 1 N–H and O–H groups in total. The van der Waals surface area contributed by atoms with Crippen LogP contribution in [-0.2, 0) is 16.4 Å². The summed E-state index contributed by atoms with van der Waals surface area (Å²) >= 11 is 5.93. The molecule has 0 amide bonds. The van der Waals surface area contributed by atoms with Crippen molar-refractivity contribution >= 4 is 27.3 Å². The van der Waals surface area contributed by atoms with E-state index in [-0.39, 0.29) is 21.7 Å². The molecule has 1 heterocycles. The van der Waals surface area contributed by atoms with Gasteiger partial charge in [0.15, 0.2) is 0 Å². The van der Waals surface area contributed by atoms with Crippen LogP contribution >= 0.6 is 11.6 Å². The number of ether oxygens (including phenoxy) is 2. The molecule has 0 radical (unpaired) electrons. The van der Waals surface area contributed by atoms with Gasteiger partial charge in [-0.15, -0.1) is 0 Å². The van der Waals surface area contributed by atoms with Gasteiger partial charge in [0, 0.05) is 17.1 Å². The van der Waals surface area contributed by atoms with Gasteiger partial charge in [0.2, 0.25) is 26.6 Å². The summed E-state index contributed by atoms with van der Waals surface area (Å²) in [4.78, 5) is 4.40. The number of oxazole rings is 1. The number of benzene rings is 3. The fraction of sp³-hybridized carbons (Fsp3) is 0.125. The lowest BCUT2D eigenvalue weighted by molar-refractivity contribution is 0.414. The van der Waals surface area contributed by atoms with Gasteiger partial charge in [0.05, 0.1) is 19.1 Å². The summed E-state index contributed by atoms with van der Waals surface area (Å²) in [5.41, 5.74) is 1.52. The number of hydrogen-bond donors (Lipinski definition) is 1. The van der Waals surface area contributed by atoms with Gasteiger partial charge in [0.1, 0.15) is 11.5 Å². The molecule has 3 aromatic carbocycles. The van der Waals surface area contributed by atoms with E-state index in [1.54, 1.807) is 38.5 Å². The third-order valence-corrected chi connectivity index (χ3v) is 6.85. The maximum absolute atomic E-state index is 13.4. The van der Waals surface area contributed by atoms with Crippen molar-refractivity contribution in [3.63, 3.8) is 0 Å². The van der Waals surface area contributed by atoms with Gasteiger partial charge in [-0.2, -0.15) is 4.98 Å². The van der Waals surface area contributed by atoms with Crippen LogP contribution < -0.4 is 14.8 Å². The standard InChI is InChI=1S/C24H21ClN2O5S/c1-30-19-9-3-16(4-10-19)15-26-23-24(33(28,29)21-13-7-18(25)8-14-21)27-22(32-23)17-5-11-20(31-2)12-6-17/h3-14,26H,15H2,1-2H3. The molecule has 4 aromatic rings. The number of sulfone groups is 1. The van der Waals surface area contributed by atoms with Crippen LogP contribution in [0.15, 0.2) is 87.1 Å². The highest BCUT2D eigenvalue weighted by atomic mass is 35.5. The average Bonchev–Trinajstić information content (AvgIpc) is 3.28. The highest BCUT2D eigenvalue weighted by Gasteiger charge is 2.28. The first kappa shape index (κ1) is 22.7. The summed E-state index contributed by atoms with van der Waals surface area (Å²) in [7, 11) is -0.811. The third-order valence-electron chi connectivity index (χ3n) is 4.92. The second-order valence-electron chi connectivity index (χ2n) is 7.04. The largest absolute Gasteiger partial charge is 0.497 e. The van der Waals surface area contributed by atoms with Gasteiger partial charge in [-0.3, -0.25) is 0 Å². The first-order valence-electron chi connectivity index (χ1n) is 9.93. The fourth-order valence-electron chi connectivity index (χ4n) is 3.11. The van der Waals surface area contributed by atoms with Gasteiger partial charge < -0.3 is 19.2 Å². The van der Waals surface area contributed by atoms with E-state index in [1.165, 1.54) is 24.3 Å². The minimum atomic E-state index is -3.97. The SMILES string of the molecule is COc1ccc(CNc2oc(-c3ccc(OC)cc3)nc2S(=O)(=O)c2ccc(Cl)cc2)cc1. The van der Waals surface area contributed by atoms with Crippen LogP contribution in [0, 0.1) is 0 Å². The lowest BCUT2D eigenvalue weighted by Gasteiger charge is -2.07. The van der Waals surface area contributed by atoms with Crippen LogP contribution in [0.5, 0.6) is 11.5 Å². The van der Waals surface area contributed by atoms with Crippen LogP contribution in [-0.4, -0.2) is 27.6 Å². The second-order valence-corrected chi connectivity index (χ2v) is 9.34. The minimum absolute atomic E-state index is 0.0478. The number of methoxy groups -OCH3 is 2. The lowest BCUT2D eigenvalue weighted by atomic mass is 10.2. The van der Waals surface area contributed by atoms with Crippen molar-refractivity contribution in [3.05, 3.63) is 83.4 Å². The normalized spacial score (nSPS) is 11.2. The van der Waals surface area contributed by atoms with Crippen molar-refractivity contribution in [2.75, 3.05) is 19.5 Å². The molecule has 0 fully saturated rings. The van der Waals surface area contributed by atoms with Crippen molar-refractivity contribution in [2.24, 2.45) is 0 Å². The van der Waals surface area contributed by atoms with E-state index in [2.05, 4.69) is 10.3 Å². The van der Waals surface area contributed by atoms with Crippen LogP contribution in [0.4, 0.5) is 5.88 Å². The number of halogens is 1. The summed E-state index contributed by atoms with van der Waals surface area (Å²) in [5, 5.41) is 3.30. The number of nitrogens with zero attached hydrogens (tertiary/aromatic N) is 1. The molecule has 33 heavy (non-hydrogen) atoms. The zero-order chi connectivity index (χ0) is 23.4. The number of anilines is 1. The zero-order valence-electron chi connectivity index (χ0n) is 17.9. The Morgan fingerprint density at radius 1 is 0.879 bits per heavy atom. The quantitative estimate of drug-likeness (QED) is 0.355. The predicted molar refractivity (Wildman–Crippen MR) is 126 cm³/mol. The molecule has 4 rings (SSSR count). The number of nitrogens with one attached hydrogen (secondary N) is 1. The van der Waals surface area contributed by atoms with Crippen molar-refractivity contribution in [3.8, 4) is 23.0 Å². The fourth-order valence-corrected chi connectivity index (χ4v) is 4.51.